The van der Waals surface area contributed by atoms with Crippen LogP contribution in [0.1, 0.15) is 55.9 Å². The van der Waals surface area contributed by atoms with Crippen molar-refractivity contribution in [1.82, 2.24) is 0 Å². The van der Waals surface area contributed by atoms with Gasteiger partial charge >= 0.3 is 0 Å². The molecule has 0 nitrogen and oxygen atoms in total. The average molecular weight is 204 g/mol. The van der Waals surface area contributed by atoms with Crippen LogP contribution in [0.5, 0.6) is 0 Å². The molecular weight excluding hydrogens is 180 g/mol. The molecule has 0 spiro atoms. The Morgan fingerprint density at radius 2 is 1.47 bits per heavy atom. The topological polar surface area (TPSA) is 0 Å². The van der Waals surface area contributed by atoms with E-state index in [9.17, 15) is 0 Å². The highest BCUT2D eigenvalue weighted by Crippen LogP contribution is 2.33. The molecule has 0 fully saturated rings. The lowest BCUT2D eigenvalue weighted by molar-refractivity contribution is 0.468. The van der Waals surface area contributed by atoms with Gasteiger partial charge in [0.1, 0.15) is 0 Å². The Morgan fingerprint density at radius 1 is 1.00 bits per heavy atom. The van der Waals surface area contributed by atoms with Crippen LogP contribution in [-0.2, 0) is 5.41 Å². The van der Waals surface area contributed by atoms with Crippen molar-refractivity contribution in [3.05, 3.63) is 34.4 Å². The summed E-state index contributed by atoms with van der Waals surface area (Å²) in [6.07, 6.45) is 2.51. The molecule has 1 aromatic rings. The van der Waals surface area contributed by atoms with E-state index in [0.29, 0.717) is 5.41 Å². The summed E-state index contributed by atoms with van der Waals surface area (Å²) < 4.78 is 0. The molecule has 0 heteroatoms. The fourth-order valence-corrected chi connectivity index (χ4v) is 3.00. The molecule has 0 aliphatic rings. The molecule has 1 rings (SSSR count). The van der Waals surface area contributed by atoms with Crippen LogP contribution in [-0.4, -0.2) is 0 Å². The second-order valence-corrected chi connectivity index (χ2v) is 5.41. The third-order valence-corrected chi connectivity index (χ3v) is 3.23. The van der Waals surface area contributed by atoms with Gasteiger partial charge in [-0.25, -0.2) is 0 Å². The Bertz CT molecular complexity index is 322. The van der Waals surface area contributed by atoms with Crippen LogP contribution in [0.25, 0.3) is 0 Å². The van der Waals surface area contributed by atoms with E-state index < -0.39 is 0 Å². The van der Waals surface area contributed by atoms with Crippen LogP contribution in [0.3, 0.4) is 0 Å². The minimum Gasteiger partial charge on any atom is -0.0654 e. The summed E-state index contributed by atoms with van der Waals surface area (Å²) in [4.78, 5) is 0. The van der Waals surface area contributed by atoms with E-state index in [1.807, 2.05) is 0 Å². The highest BCUT2D eigenvalue weighted by molar-refractivity contribution is 5.42. The van der Waals surface area contributed by atoms with E-state index in [1.165, 1.54) is 29.5 Å². The predicted octanol–water partition coefficient (Wildman–Crippen LogP) is 4.69. The highest BCUT2D eigenvalue weighted by Gasteiger charge is 2.23. The zero-order chi connectivity index (χ0) is 11.6. The fraction of sp³-hybridized carbons (Fsp3) is 0.600. The Hall–Kier alpha value is -0.780. The van der Waals surface area contributed by atoms with Gasteiger partial charge in [0.25, 0.3) is 0 Å². The van der Waals surface area contributed by atoms with Gasteiger partial charge in [-0.05, 0) is 49.3 Å². The van der Waals surface area contributed by atoms with E-state index in [4.69, 9.17) is 0 Å². The third kappa shape index (κ3) is 2.62. The van der Waals surface area contributed by atoms with Gasteiger partial charge < -0.3 is 0 Å². The van der Waals surface area contributed by atoms with Crippen molar-refractivity contribution in [2.45, 2.75) is 59.8 Å². The normalized spacial score (nSPS) is 11.9. The smallest absolute Gasteiger partial charge is 0.00984 e. The van der Waals surface area contributed by atoms with Crippen molar-refractivity contribution in [2.24, 2.45) is 0 Å². The van der Waals surface area contributed by atoms with Gasteiger partial charge in [-0.3, -0.25) is 0 Å². The molecule has 0 atom stereocenters. The van der Waals surface area contributed by atoms with Crippen LogP contribution < -0.4 is 0 Å². The van der Waals surface area contributed by atoms with Gasteiger partial charge in [0.05, 0.1) is 0 Å². The zero-order valence-electron chi connectivity index (χ0n) is 11.1. The number of benzene rings is 1. The molecule has 15 heavy (non-hydrogen) atoms. The molecule has 0 bridgehead atoms. The van der Waals surface area contributed by atoms with Crippen LogP contribution in [0.15, 0.2) is 12.1 Å². The predicted molar refractivity (Wildman–Crippen MR) is 68.6 cm³/mol. The van der Waals surface area contributed by atoms with Crippen molar-refractivity contribution in [3.63, 3.8) is 0 Å². The van der Waals surface area contributed by atoms with Crippen molar-refractivity contribution in [1.29, 1.82) is 0 Å². The SMILES string of the molecule is CCCC(C)(C)c1c(C)cc(C)cc1C. The highest BCUT2D eigenvalue weighted by atomic mass is 14.3. The van der Waals surface area contributed by atoms with E-state index in [-0.39, 0.29) is 0 Å². The summed E-state index contributed by atoms with van der Waals surface area (Å²) in [7, 11) is 0. The maximum absolute atomic E-state index is 2.36. The lowest BCUT2D eigenvalue weighted by Gasteiger charge is -2.29. The van der Waals surface area contributed by atoms with Crippen LogP contribution >= 0.6 is 0 Å². The first kappa shape index (κ1) is 12.3. The van der Waals surface area contributed by atoms with E-state index in [1.54, 1.807) is 5.56 Å². The van der Waals surface area contributed by atoms with E-state index in [0.717, 1.165) is 0 Å². The number of hydrogen-bond donors (Lipinski definition) is 0. The first-order valence-corrected chi connectivity index (χ1v) is 5.97. The number of aryl methyl sites for hydroxylation is 3. The summed E-state index contributed by atoms with van der Waals surface area (Å²) in [6, 6.07) is 4.61. The fourth-order valence-electron chi connectivity index (χ4n) is 3.00. The largest absolute Gasteiger partial charge is 0.0654 e. The molecule has 0 saturated carbocycles. The van der Waals surface area contributed by atoms with Gasteiger partial charge in [-0.1, -0.05) is 44.9 Å². The maximum Gasteiger partial charge on any atom is -0.00984 e. The lowest BCUT2D eigenvalue weighted by atomic mass is 9.76. The maximum atomic E-state index is 2.36. The van der Waals surface area contributed by atoms with Crippen molar-refractivity contribution < 1.29 is 0 Å². The molecule has 0 amide bonds. The Balaban J connectivity index is 3.24. The van der Waals surface area contributed by atoms with Crippen LogP contribution in [0.4, 0.5) is 0 Å². The minimum atomic E-state index is 0.316. The monoisotopic (exact) mass is 204 g/mol. The lowest BCUT2D eigenvalue weighted by Crippen LogP contribution is -2.20. The van der Waals surface area contributed by atoms with Gasteiger partial charge in [0.2, 0.25) is 0 Å². The molecule has 0 radical (unpaired) electrons. The summed E-state index contributed by atoms with van der Waals surface area (Å²) in [5.41, 5.74) is 6.14. The van der Waals surface area contributed by atoms with Gasteiger partial charge in [-0.2, -0.15) is 0 Å². The standard InChI is InChI=1S/C15H24/c1-7-8-15(5,6)14-12(3)9-11(2)10-13(14)4/h9-10H,7-8H2,1-6H3. The average Bonchev–Trinajstić information content (AvgIpc) is 1.99. The molecule has 0 aliphatic carbocycles. The Kier molecular flexibility index (Phi) is 3.59. The van der Waals surface area contributed by atoms with Gasteiger partial charge in [0.15, 0.2) is 0 Å². The molecule has 0 heterocycles. The second-order valence-electron chi connectivity index (χ2n) is 5.41. The van der Waals surface area contributed by atoms with Gasteiger partial charge in [0, 0.05) is 0 Å². The molecule has 0 aromatic heterocycles. The first-order valence-electron chi connectivity index (χ1n) is 5.97. The number of hydrogen-bond acceptors (Lipinski definition) is 0. The van der Waals surface area contributed by atoms with Gasteiger partial charge in [-0.15, -0.1) is 0 Å². The summed E-state index contributed by atoms with van der Waals surface area (Å²) in [5, 5.41) is 0. The van der Waals surface area contributed by atoms with Crippen molar-refractivity contribution in [2.75, 3.05) is 0 Å². The summed E-state index contributed by atoms with van der Waals surface area (Å²) >= 11 is 0. The summed E-state index contributed by atoms with van der Waals surface area (Å²) in [6.45, 7) is 13.7. The van der Waals surface area contributed by atoms with Crippen LogP contribution in [0.2, 0.25) is 0 Å². The number of rotatable bonds is 3. The quantitative estimate of drug-likeness (QED) is 0.670. The molecule has 0 unspecified atom stereocenters. The van der Waals surface area contributed by atoms with Crippen molar-refractivity contribution >= 4 is 0 Å². The Labute approximate surface area is 94.7 Å². The van der Waals surface area contributed by atoms with Crippen LogP contribution in [0, 0.1) is 20.8 Å². The molecule has 1 aromatic carbocycles. The third-order valence-electron chi connectivity index (χ3n) is 3.23. The minimum absolute atomic E-state index is 0.316. The molecule has 0 aliphatic heterocycles. The molecule has 0 saturated heterocycles. The molecule has 0 N–H and O–H groups in total. The Morgan fingerprint density at radius 3 is 1.87 bits per heavy atom. The molecule has 84 valence electrons. The van der Waals surface area contributed by atoms with Crippen molar-refractivity contribution in [3.8, 4) is 0 Å². The summed E-state index contributed by atoms with van der Waals surface area (Å²) in [5.74, 6) is 0. The zero-order valence-corrected chi connectivity index (χ0v) is 11.1. The first-order chi connectivity index (χ1) is 6.88. The molecular formula is C15H24. The van der Waals surface area contributed by atoms with E-state index >= 15 is 0 Å². The second kappa shape index (κ2) is 4.38. The van der Waals surface area contributed by atoms with E-state index in [2.05, 4.69) is 53.7 Å².